The number of phenolic OH excluding ortho intramolecular Hbond substituents is 1. The molecular weight excluding hydrogens is 228 g/mol. The average molecular weight is 250 g/mol. The van der Waals surface area contributed by atoms with Gasteiger partial charge in [0.05, 0.1) is 12.6 Å². The van der Waals surface area contributed by atoms with Crippen LogP contribution in [0.3, 0.4) is 0 Å². The summed E-state index contributed by atoms with van der Waals surface area (Å²) in [7, 11) is 0. The Balaban J connectivity index is 2.26. The number of piperazine rings is 1. The highest BCUT2D eigenvalue weighted by Crippen LogP contribution is 2.28. The van der Waals surface area contributed by atoms with Gasteiger partial charge in [-0.2, -0.15) is 0 Å². The zero-order valence-corrected chi connectivity index (χ0v) is 11.1. The minimum Gasteiger partial charge on any atom is -0.507 e. The number of hydrogen-bond donors (Lipinski definition) is 3. The number of aryl methyl sites for hydroxylation is 2. The van der Waals surface area contributed by atoms with Crippen LogP contribution in [0.25, 0.3) is 0 Å². The second kappa shape index (κ2) is 5.69. The Morgan fingerprint density at radius 2 is 1.78 bits per heavy atom. The molecule has 1 unspecified atom stereocenters. The van der Waals surface area contributed by atoms with Crippen LogP contribution in [0.1, 0.15) is 22.7 Å². The van der Waals surface area contributed by atoms with E-state index >= 15 is 0 Å². The molecule has 0 amide bonds. The highest BCUT2D eigenvalue weighted by molar-refractivity contribution is 5.43. The van der Waals surface area contributed by atoms with Crippen LogP contribution in [0.15, 0.2) is 12.1 Å². The van der Waals surface area contributed by atoms with Gasteiger partial charge < -0.3 is 15.5 Å². The summed E-state index contributed by atoms with van der Waals surface area (Å²) in [5, 5.41) is 22.8. The fourth-order valence-corrected chi connectivity index (χ4v) is 2.61. The molecule has 1 fully saturated rings. The summed E-state index contributed by atoms with van der Waals surface area (Å²) in [6.45, 7) is 7.74. The maximum Gasteiger partial charge on any atom is 0.121 e. The molecule has 0 spiro atoms. The standard InChI is InChI=1S/C14H22N2O2/c1-10-7-12(8-11(2)14(10)18)13(9-17)16-5-3-15-4-6-16/h7-8,13,15,17-18H,3-6,9H2,1-2H3. The lowest BCUT2D eigenvalue weighted by molar-refractivity contribution is 0.110. The number of phenols is 1. The van der Waals surface area contributed by atoms with Crippen LogP contribution in [0.4, 0.5) is 0 Å². The quantitative estimate of drug-likeness (QED) is 0.747. The predicted octanol–water partition coefficient (Wildman–Crippen LogP) is 0.948. The number of nitrogens with one attached hydrogen (secondary N) is 1. The fourth-order valence-electron chi connectivity index (χ4n) is 2.61. The molecule has 1 aromatic carbocycles. The molecule has 1 atom stereocenters. The van der Waals surface area contributed by atoms with E-state index in [0.717, 1.165) is 42.9 Å². The van der Waals surface area contributed by atoms with Gasteiger partial charge >= 0.3 is 0 Å². The monoisotopic (exact) mass is 250 g/mol. The van der Waals surface area contributed by atoms with Crippen LogP contribution >= 0.6 is 0 Å². The summed E-state index contributed by atoms with van der Waals surface area (Å²) in [6.07, 6.45) is 0. The molecule has 4 nitrogen and oxygen atoms in total. The van der Waals surface area contributed by atoms with Crippen molar-refractivity contribution in [1.29, 1.82) is 0 Å². The predicted molar refractivity (Wildman–Crippen MR) is 71.9 cm³/mol. The Kier molecular flexibility index (Phi) is 4.22. The third-order valence-electron chi connectivity index (χ3n) is 3.66. The zero-order valence-electron chi connectivity index (χ0n) is 11.1. The van der Waals surface area contributed by atoms with Crippen LogP contribution in [0, 0.1) is 13.8 Å². The minimum absolute atomic E-state index is 0.0325. The molecule has 1 heterocycles. The lowest BCUT2D eigenvalue weighted by Crippen LogP contribution is -2.46. The van der Waals surface area contributed by atoms with E-state index in [2.05, 4.69) is 10.2 Å². The van der Waals surface area contributed by atoms with Crippen molar-refractivity contribution < 1.29 is 10.2 Å². The molecular formula is C14H22N2O2. The van der Waals surface area contributed by atoms with Gasteiger partial charge in [0.1, 0.15) is 5.75 Å². The number of aromatic hydroxyl groups is 1. The fraction of sp³-hybridized carbons (Fsp3) is 0.571. The van der Waals surface area contributed by atoms with Gasteiger partial charge in [-0.25, -0.2) is 0 Å². The number of aliphatic hydroxyl groups excluding tert-OH is 1. The molecule has 18 heavy (non-hydrogen) atoms. The summed E-state index contributed by atoms with van der Waals surface area (Å²) in [4.78, 5) is 2.29. The zero-order chi connectivity index (χ0) is 13.1. The van der Waals surface area contributed by atoms with E-state index < -0.39 is 0 Å². The average Bonchev–Trinajstić information content (AvgIpc) is 2.38. The Morgan fingerprint density at radius 3 is 2.28 bits per heavy atom. The molecule has 0 radical (unpaired) electrons. The van der Waals surface area contributed by atoms with Crippen LogP contribution < -0.4 is 5.32 Å². The molecule has 0 saturated carbocycles. The second-order valence-corrected chi connectivity index (χ2v) is 4.99. The van der Waals surface area contributed by atoms with Gasteiger partial charge in [-0.05, 0) is 30.5 Å². The van der Waals surface area contributed by atoms with E-state index in [1.165, 1.54) is 0 Å². The van der Waals surface area contributed by atoms with Crippen molar-refractivity contribution in [2.24, 2.45) is 0 Å². The van der Waals surface area contributed by atoms with Gasteiger partial charge in [0.15, 0.2) is 0 Å². The first kappa shape index (κ1) is 13.3. The Hall–Kier alpha value is -1.10. The second-order valence-electron chi connectivity index (χ2n) is 4.99. The van der Waals surface area contributed by atoms with E-state index in [1.807, 2.05) is 26.0 Å². The Labute approximate surface area is 108 Å². The molecule has 0 bridgehead atoms. The molecule has 4 heteroatoms. The van der Waals surface area contributed by atoms with E-state index in [1.54, 1.807) is 0 Å². The molecule has 3 N–H and O–H groups in total. The van der Waals surface area contributed by atoms with E-state index in [-0.39, 0.29) is 12.6 Å². The van der Waals surface area contributed by atoms with E-state index in [0.29, 0.717) is 5.75 Å². The molecule has 1 aliphatic rings. The largest absolute Gasteiger partial charge is 0.507 e. The van der Waals surface area contributed by atoms with Crippen molar-refractivity contribution in [3.63, 3.8) is 0 Å². The van der Waals surface area contributed by atoms with Gasteiger partial charge in [0.25, 0.3) is 0 Å². The summed E-state index contributed by atoms with van der Waals surface area (Å²) in [6, 6.07) is 3.99. The van der Waals surface area contributed by atoms with Crippen LogP contribution in [0.5, 0.6) is 5.75 Å². The van der Waals surface area contributed by atoms with Gasteiger partial charge in [-0.15, -0.1) is 0 Å². The van der Waals surface area contributed by atoms with Crippen molar-refractivity contribution in [3.8, 4) is 5.75 Å². The Morgan fingerprint density at radius 1 is 1.22 bits per heavy atom. The van der Waals surface area contributed by atoms with Crippen LogP contribution in [-0.4, -0.2) is 47.9 Å². The van der Waals surface area contributed by atoms with Crippen molar-refractivity contribution >= 4 is 0 Å². The third-order valence-corrected chi connectivity index (χ3v) is 3.66. The maximum absolute atomic E-state index is 9.81. The number of rotatable bonds is 3. The molecule has 1 aliphatic heterocycles. The first-order valence-corrected chi connectivity index (χ1v) is 6.49. The molecule has 0 aromatic heterocycles. The Bertz CT molecular complexity index is 391. The SMILES string of the molecule is Cc1cc(C(CO)N2CCNCC2)cc(C)c1O. The van der Waals surface area contributed by atoms with Gasteiger partial charge in [0.2, 0.25) is 0 Å². The van der Waals surface area contributed by atoms with Crippen molar-refractivity contribution in [2.45, 2.75) is 19.9 Å². The first-order chi connectivity index (χ1) is 8.63. The third kappa shape index (κ3) is 2.66. The lowest BCUT2D eigenvalue weighted by atomic mass is 9.99. The summed E-state index contributed by atoms with van der Waals surface area (Å²) < 4.78 is 0. The first-order valence-electron chi connectivity index (χ1n) is 6.49. The maximum atomic E-state index is 9.81. The minimum atomic E-state index is 0.0325. The molecule has 1 aromatic rings. The summed E-state index contributed by atoms with van der Waals surface area (Å²) >= 11 is 0. The smallest absolute Gasteiger partial charge is 0.121 e. The summed E-state index contributed by atoms with van der Waals surface area (Å²) in [5.41, 5.74) is 2.84. The van der Waals surface area contributed by atoms with Gasteiger partial charge in [-0.1, -0.05) is 12.1 Å². The van der Waals surface area contributed by atoms with E-state index in [9.17, 15) is 10.2 Å². The number of benzene rings is 1. The molecule has 0 aliphatic carbocycles. The molecule has 2 rings (SSSR count). The van der Waals surface area contributed by atoms with E-state index in [4.69, 9.17) is 0 Å². The molecule has 1 saturated heterocycles. The lowest BCUT2D eigenvalue weighted by Gasteiger charge is -2.34. The number of hydrogen-bond acceptors (Lipinski definition) is 4. The van der Waals surface area contributed by atoms with Crippen molar-refractivity contribution in [2.75, 3.05) is 32.8 Å². The van der Waals surface area contributed by atoms with Gasteiger partial charge in [0, 0.05) is 26.2 Å². The highest BCUT2D eigenvalue weighted by atomic mass is 16.3. The van der Waals surface area contributed by atoms with Crippen molar-refractivity contribution in [3.05, 3.63) is 28.8 Å². The summed E-state index contributed by atoms with van der Waals surface area (Å²) in [5.74, 6) is 0.357. The topological polar surface area (TPSA) is 55.7 Å². The van der Waals surface area contributed by atoms with Crippen LogP contribution in [0.2, 0.25) is 0 Å². The number of nitrogens with zero attached hydrogens (tertiary/aromatic N) is 1. The van der Waals surface area contributed by atoms with Crippen molar-refractivity contribution in [1.82, 2.24) is 10.2 Å². The molecule has 100 valence electrons. The normalized spacial score (nSPS) is 18.8. The number of aliphatic hydroxyl groups is 1. The van der Waals surface area contributed by atoms with Crippen LogP contribution in [-0.2, 0) is 0 Å². The van der Waals surface area contributed by atoms with Gasteiger partial charge in [-0.3, -0.25) is 4.90 Å². The highest BCUT2D eigenvalue weighted by Gasteiger charge is 2.22.